The Bertz CT molecular complexity index is 602. The molecule has 2 N–H and O–H groups in total. The third-order valence-electron chi connectivity index (χ3n) is 3.01. The van der Waals surface area contributed by atoms with Crippen LogP contribution in [0.15, 0.2) is 42.6 Å². The zero-order valence-electron chi connectivity index (χ0n) is 11.0. The Morgan fingerprint density at radius 3 is 2.80 bits per heavy atom. The number of carboxylic acids is 1. The lowest BCUT2D eigenvalue weighted by Gasteiger charge is -2.13. The van der Waals surface area contributed by atoms with Gasteiger partial charge < -0.3 is 10.4 Å². The molecule has 0 fully saturated rings. The van der Waals surface area contributed by atoms with Crippen LogP contribution in [0.2, 0.25) is 0 Å². The number of pyridine rings is 1. The largest absolute Gasteiger partial charge is 0.478 e. The van der Waals surface area contributed by atoms with E-state index in [1.165, 1.54) is 12.1 Å². The van der Waals surface area contributed by atoms with Gasteiger partial charge in [0.15, 0.2) is 0 Å². The highest BCUT2D eigenvalue weighted by molar-refractivity contribution is 5.87. The van der Waals surface area contributed by atoms with Crippen molar-refractivity contribution < 1.29 is 14.3 Å². The Hall–Kier alpha value is -2.27. The van der Waals surface area contributed by atoms with E-state index >= 15 is 0 Å². The van der Waals surface area contributed by atoms with Crippen molar-refractivity contribution >= 4 is 5.97 Å². The van der Waals surface area contributed by atoms with Crippen LogP contribution in [0.5, 0.6) is 0 Å². The predicted octanol–water partition coefficient (Wildman–Crippen LogP) is 2.77. The third-order valence-corrected chi connectivity index (χ3v) is 3.01. The second kappa shape index (κ2) is 6.25. The summed E-state index contributed by atoms with van der Waals surface area (Å²) in [7, 11) is 0. The number of halogens is 1. The first-order chi connectivity index (χ1) is 9.58. The number of aromatic nitrogens is 1. The molecule has 1 atom stereocenters. The van der Waals surface area contributed by atoms with E-state index in [0.717, 1.165) is 5.69 Å². The summed E-state index contributed by atoms with van der Waals surface area (Å²) >= 11 is 0. The topological polar surface area (TPSA) is 62.2 Å². The van der Waals surface area contributed by atoms with Crippen LogP contribution in [-0.4, -0.2) is 16.1 Å². The van der Waals surface area contributed by atoms with Crippen LogP contribution in [-0.2, 0) is 6.54 Å². The number of benzene rings is 1. The molecule has 104 valence electrons. The molecule has 0 saturated heterocycles. The summed E-state index contributed by atoms with van der Waals surface area (Å²) in [5, 5.41) is 12.0. The first-order valence-electron chi connectivity index (χ1n) is 6.24. The number of aromatic carboxylic acids is 1. The first kappa shape index (κ1) is 14.1. The normalized spacial score (nSPS) is 12.1. The zero-order valence-corrected chi connectivity index (χ0v) is 11.0. The maximum Gasteiger partial charge on any atom is 0.338 e. The van der Waals surface area contributed by atoms with Gasteiger partial charge in [0.2, 0.25) is 0 Å². The lowest BCUT2D eigenvalue weighted by atomic mass is 10.1. The van der Waals surface area contributed by atoms with Crippen molar-refractivity contribution in [3.05, 3.63) is 65.2 Å². The molecule has 0 spiro atoms. The maximum atomic E-state index is 13.5. The molecule has 5 heteroatoms. The minimum atomic E-state index is -1.26. The number of carbonyl (C=O) groups is 1. The van der Waals surface area contributed by atoms with Gasteiger partial charge in [0.25, 0.3) is 0 Å². The minimum absolute atomic E-state index is 0.0263. The second-order valence-corrected chi connectivity index (χ2v) is 4.48. The lowest BCUT2D eigenvalue weighted by Crippen LogP contribution is -2.19. The van der Waals surface area contributed by atoms with Crippen molar-refractivity contribution in [2.75, 3.05) is 0 Å². The SMILES string of the molecule is C[C@H](NCc1ccc(C(=O)O)c(F)c1)c1ccccn1. The van der Waals surface area contributed by atoms with E-state index in [4.69, 9.17) is 5.11 Å². The Labute approximate surface area is 116 Å². The van der Waals surface area contributed by atoms with Crippen LogP contribution >= 0.6 is 0 Å². The highest BCUT2D eigenvalue weighted by Gasteiger charge is 2.11. The Balaban J connectivity index is 2.01. The first-order valence-corrected chi connectivity index (χ1v) is 6.24. The molecule has 0 amide bonds. The number of nitrogens with zero attached hydrogens (tertiary/aromatic N) is 1. The molecule has 1 aromatic carbocycles. The van der Waals surface area contributed by atoms with Crippen LogP contribution < -0.4 is 5.32 Å². The number of hydrogen-bond acceptors (Lipinski definition) is 3. The van der Waals surface area contributed by atoms with Crippen molar-refractivity contribution in [1.82, 2.24) is 10.3 Å². The number of carboxylic acid groups (broad SMARTS) is 1. The standard InChI is InChI=1S/C15H15FN2O2/c1-10(14-4-2-3-7-17-14)18-9-11-5-6-12(15(19)20)13(16)8-11/h2-8,10,18H,9H2,1H3,(H,19,20)/t10-/m0/s1. The average molecular weight is 274 g/mol. The van der Waals surface area contributed by atoms with Gasteiger partial charge >= 0.3 is 5.97 Å². The van der Waals surface area contributed by atoms with E-state index < -0.39 is 11.8 Å². The van der Waals surface area contributed by atoms with Crippen molar-refractivity contribution in [2.24, 2.45) is 0 Å². The van der Waals surface area contributed by atoms with Crippen molar-refractivity contribution in [3.63, 3.8) is 0 Å². The fraction of sp³-hybridized carbons (Fsp3) is 0.200. The molecule has 0 aliphatic carbocycles. The molecule has 0 saturated carbocycles. The van der Waals surface area contributed by atoms with E-state index in [1.54, 1.807) is 12.3 Å². The van der Waals surface area contributed by atoms with Crippen molar-refractivity contribution in [2.45, 2.75) is 19.5 Å². The summed E-state index contributed by atoms with van der Waals surface area (Å²) in [4.78, 5) is 15.0. The summed E-state index contributed by atoms with van der Waals surface area (Å²) < 4.78 is 13.5. The van der Waals surface area contributed by atoms with Gasteiger partial charge in [0.1, 0.15) is 5.82 Å². The summed E-state index contributed by atoms with van der Waals surface area (Å²) in [5.74, 6) is -1.98. The van der Waals surface area contributed by atoms with Crippen LogP contribution in [0.25, 0.3) is 0 Å². The summed E-state index contributed by atoms with van der Waals surface area (Å²) in [5.41, 5.74) is 1.27. The van der Waals surface area contributed by atoms with Crippen molar-refractivity contribution in [1.29, 1.82) is 0 Å². The van der Waals surface area contributed by atoms with E-state index in [-0.39, 0.29) is 11.6 Å². The molecule has 4 nitrogen and oxygen atoms in total. The Morgan fingerprint density at radius 2 is 2.20 bits per heavy atom. The molecule has 0 bridgehead atoms. The number of nitrogens with one attached hydrogen (secondary N) is 1. The molecular formula is C15H15FN2O2. The van der Waals surface area contributed by atoms with Gasteiger partial charge in [-0.1, -0.05) is 12.1 Å². The van der Waals surface area contributed by atoms with E-state index in [2.05, 4.69) is 10.3 Å². The number of rotatable bonds is 5. The highest BCUT2D eigenvalue weighted by atomic mass is 19.1. The molecule has 0 radical (unpaired) electrons. The summed E-state index contributed by atoms with van der Waals surface area (Å²) in [6.07, 6.45) is 1.72. The zero-order chi connectivity index (χ0) is 14.5. The van der Waals surface area contributed by atoms with Gasteiger partial charge in [0, 0.05) is 18.8 Å². The third kappa shape index (κ3) is 3.39. The molecule has 1 heterocycles. The quantitative estimate of drug-likeness (QED) is 0.880. The van der Waals surface area contributed by atoms with Crippen LogP contribution in [0.3, 0.4) is 0 Å². The predicted molar refractivity (Wildman–Crippen MR) is 72.9 cm³/mol. The van der Waals surface area contributed by atoms with Gasteiger partial charge in [-0.15, -0.1) is 0 Å². The highest BCUT2D eigenvalue weighted by Crippen LogP contribution is 2.13. The maximum absolute atomic E-state index is 13.5. The Morgan fingerprint density at radius 1 is 1.40 bits per heavy atom. The van der Waals surface area contributed by atoms with Gasteiger partial charge in [-0.3, -0.25) is 4.98 Å². The molecule has 0 aliphatic heterocycles. The summed E-state index contributed by atoms with van der Waals surface area (Å²) in [6.45, 7) is 2.40. The fourth-order valence-electron chi connectivity index (χ4n) is 1.85. The Kier molecular flexibility index (Phi) is 4.42. The van der Waals surface area contributed by atoms with Gasteiger partial charge in [-0.25, -0.2) is 9.18 Å². The monoisotopic (exact) mass is 274 g/mol. The smallest absolute Gasteiger partial charge is 0.338 e. The van der Waals surface area contributed by atoms with Crippen LogP contribution in [0.1, 0.15) is 34.6 Å². The van der Waals surface area contributed by atoms with E-state index in [0.29, 0.717) is 12.1 Å². The van der Waals surface area contributed by atoms with Gasteiger partial charge in [-0.05, 0) is 36.8 Å². The molecule has 20 heavy (non-hydrogen) atoms. The van der Waals surface area contributed by atoms with Gasteiger partial charge in [-0.2, -0.15) is 0 Å². The molecule has 2 aromatic rings. The molecular weight excluding hydrogens is 259 g/mol. The van der Waals surface area contributed by atoms with Crippen LogP contribution in [0.4, 0.5) is 4.39 Å². The average Bonchev–Trinajstić information content (AvgIpc) is 2.45. The van der Waals surface area contributed by atoms with Crippen LogP contribution in [0, 0.1) is 5.82 Å². The fourth-order valence-corrected chi connectivity index (χ4v) is 1.85. The lowest BCUT2D eigenvalue weighted by molar-refractivity contribution is 0.0692. The molecule has 1 aromatic heterocycles. The second-order valence-electron chi connectivity index (χ2n) is 4.48. The van der Waals surface area contributed by atoms with Gasteiger partial charge in [0.05, 0.1) is 11.3 Å². The molecule has 0 unspecified atom stereocenters. The summed E-state index contributed by atoms with van der Waals surface area (Å²) in [6, 6.07) is 9.80. The molecule has 2 rings (SSSR count). The van der Waals surface area contributed by atoms with E-state index in [9.17, 15) is 9.18 Å². The van der Waals surface area contributed by atoms with Crippen molar-refractivity contribution in [3.8, 4) is 0 Å². The number of hydrogen-bond donors (Lipinski definition) is 2. The molecule has 0 aliphatic rings. The minimum Gasteiger partial charge on any atom is -0.478 e. The van der Waals surface area contributed by atoms with E-state index in [1.807, 2.05) is 25.1 Å².